The van der Waals surface area contributed by atoms with Gasteiger partial charge in [0.1, 0.15) is 0 Å². The van der Waals surface area contributed by atoms with E-state index in [4.69, 9.17) is 15.0 Å². The largest absolute Gasteiger partial charge is 0.460 e. The lowest BCUT2D eigenvalue weighted by Gasteiger charge is -2.33. The lowest BCUT2D eigenvalue weighted by atomic mass is 9.76. The van der Waals surface area contributed by atoms with Crippen LogP contribution in [0.2, 0.25) is 0 Å². The Balaban J connectivity index is 2.08. The highest BCUT2D eigenvalue weighted by molar-refractivity contribution is 5.84. The van der Waals surface area contributed by atoms with E-state index in [0.29, 0.717) is 5.89 Å². The minimum Gasteiger partial charge on any atom is -0.460 e. The molecule has 1 aliphatic carbocycles. The summed E-state index contributed by atoms with van der Waals surface area (Å²) in [5.41, 5.74) is 5.74. The molecular formula is C13H21N3O3. The second kappa shape index (κ2) is 5.69. The van der Waals surface area contributed by atoms with Crippen LogP contribution in [-0.4, -0.2) is 22.7 Å². The van der Waals surface area contributed by atoms with Crippen molar-refractivity contribution in [2.75, 3.05) is 6.61 Å². The highest BCUT2D eigenvalue weighted by Gasteiger charge is 2.38. The van der Waals surface area contributed by atoms with Crippen LogP contribution in [0.4, 0.5) is 0 Å². The number of esters is 1. The smallest absolute Gasteiger partial charge is 0.379 e. The molecule has 6 heteroatoms. The molecule has 0 amide bonds. The first kappa shape index (κ1) is 14.0. The second-order valence-electron chi connectivity index (χ2n) is 5.15. The molecule has 2 N–H and O–H groups in total. The van der Waals surface area contributed by atoms with E-state index in [0.717, 1.165) is 31.6 Å². The van der Waals surface area contributed by atoms with Crippen molar-refractivity contribution in [3.05, 3.63) is 11.7 Å². The van der Waals surface area contributed by atoms with Gasteiger partial charge in [0.25, 0.3) is 5.82 Å². The molecule has 0 spiro atoms. The summed E-state index contributed by atoms with van der Waals surface area (Å²) < 4.78 is 9.99. The van der Waals surface area contributed by atoms with Crippen molar-refractivity contribution < 1.29 is 14.1 Å². The third-order valence-corrected chi connectivity index (χ3v) is 3.88. The van der Waals surface area contributed by atoms with Gasteiger partial charge in [-0.15, -0.1) is 0 Å². The van der Waals surface area contributed by atoms with Gasteiger partial charge >= 0.3 is 5.97 Å². The van der Waals surface area contributed by atoms with Gasteiger partial charge in [0.15, 0.2) is 0 Å². The molecule has 0 aromatic carbocycles. The molecule has 0 saturated heterocycles. The van der Waals surface area contributed by atoms with Crippen LogP contribution in [0.25, 0.3) is 0 Å². The molecule has 1 aromatic heterocycles. The Labute approximate surface area is 112 Å². The predicted molar refractivity (Wildman–Crippen MR) is 68.4 cm³/mol. The van der Waals surface area contributed by atoms with Gasteiger partial charge in [0.2, 0.25) is 5.89 Å². The summed E-state index contributed by atoms with van der Waals surface area (Å²) in [6.07, 6.45) is 4.92. The Kier molecular flexibility index (Phi) is 4.19. The van der Waals surface area contributed by atoms with Crippen LogP contribution in [0, 0.1) is 5.92 Å². The van der Waals surface area contributed by atoms with Crippen LogP contribution in [0.1, 0.15) is 62.5 Å². The fraction of sp³-hybridized carbons (Fsp3) is 0.769. The average Bonchev–Trinajstić information content (AvgIpc) is 2.90. The topological polar surface area (TPSA) is 91.2 Å². The molecule has 1 aromatic rings. The number of hydrogen-bond acceptors (Lipinski definition) is 6. The van der Waals surface area contributed by atoms with Gasteiger partial charge in [-0.2, -0.15) is 4.98 Å². The van der Waals surface area contributed by atoms with Gasteiger partial charge in [-0.05, 0) is 43.7 Å². The first-order chi connectivity index (χ1) is 9.09. The zero-order valence-electron chi connectivity index (χ0n) is 11.5. The zero-order chi connectivity index (χ0) is 13.9. The first-order valence-electron chi connectivity index (χ1n) is 6.89. The van der Waals surface area contributed by atoms with Gasteiger partial charge in [0, 0.05) is 0 Å². The summed E-state index contributed by atoms with van der Waals surface area (Å²) in [7, 11) is 0. The SMILES string of the molecule is CCOC(=O)c1noc(C2(N)CCC(CC)CC2)n1. The maximum atomic E-state index is 11.5. The molecular weight excluding hydrogens is 246 g/mol. The molecule has 2 rings (SSSR count). The quantitative estimate of drug-likeness (QED) is 0.839. The number of nitrogens with zero attached hydrogens (tertiary/aromatic N) is 2. The molecule has 1 saturated carbocycles. The molecule has 0 bridgehead atoms. The molecule has 1 heterocycles. The minimum absolute atomic E-state index is 0.0423. The fourth-order valence-corrected chi connectivity index (χ4v) is 2.52. The molecule has 19 heavy (non-hydrogen) atoms. The van der Waals surface area contributed by atoms with Crippen molar-refractivity contribution in [2.24, 2.45) is 11.7 Å². The van der Waals surface area contributed by atoms with Crippen LogP contribution < -0.4 is 5.73 Å². The highest BCUT2D eigenvalue weighted by atomic mass is 16.5. The summed E-state index contributed by atoms with van der Waals surface area (Å²) in [5, 5.41) is 3.65. The Morgan fingerprint density at radius 3 is 2.74 bits per heavy atom. The number of aromatic nitrogens is 2. The average molecular weight is 267 g/mol. The normalized spacial score (nSPS) is 27.2. The summed E-state index contributed by atoms with van der Waals surface area (Å²) in [6.45, 7) is 4.21. The number of nitrogens with two attached hydrogens (primary N) is 1. The van der Waals surface area contributed by atoms with E-state index >= 15 is 0 Å². The molecule has 1 fully saturated rings. The van der Waals surface area contributed by atoms with Crippen LogP contribution in [0.15, 0.2) is 4.52 Å². The number of hydrogen-bond donors (Lipinski definition) is 1. The maximum Gasteiger partial charge on any atom is 0.379 e. The van der Waals surface area contributed by atoms with Crippen LogP contribution >= 0.6 is 0 Å². The number of carbonyl (C=O) groups is 1. The second-order valence-corrected chi connectivity index (χ2v) is 5.15. The Bertz CT molecular complexity index is 436. The summed E-state index contributed by atoms with van der Waals surface area (Å²) in [4.78, 5) is 15.6. The Morgan fingerprint density at radius 2 is 2.16 bits per heavy atom. The van der Waals surface area contributed by atoms with E-state index in [1.165, 1.54) is 6.42 Å². The predicted octanol–water partition coefficient (Wildman–Crippen LogP) is 2.00. The molecule has 106 valence electrons. The molecule has 0 radical (unpaired) electrons. The highest BCUT2D eigenvalue weighted by Crippen LogP contribution is 2.37. The van der Waals surface area contributed by atoms with Gasteiger partial charge in [0.05, 0.1) is 12.1 Å². The van der Waals surface area contributed by atoms with Gasteiger partial charge in [-0.3, -0.25) is 0 Å². The fourth-order valence-electron chi connectivity index (χ4n) is 2.52. The molecule has 0 aliphatic heterocycles. The zero-order valence-corrected chi connectivity index (χ0v) is 11.5. The lowest BCUT2D eigenvalue weighted by Crippen LogP contribution is -2.40. The molecule has 1 aliphatic rings. The van der Waals surface area contributed by atoms with E-state index in [9.17, 15) is 4.79 Å². The number of ether oxygens (including phenoxy) is 1. The van der Waals surface area contributed by atoms with E-state index in [-0.39, 0.29) is 12.4 Å². The minimum atomic E-state index is -0.594. The Morgan fingerprint density at radius 1 is 1.47 bits per heavy atom. The first-order valence-corrected chi connectivity index (χ1v) is 6.89. The molecule has 6 nitrogen and oxygen atoms in total. The van der Waals surface area contributed by atoms with E-state index in [1.807, 2.05) is 0 Å². The van der Waals surface area contributed by atoms with E-state index in [2.05, 4.69) is 17.1 Å². The standard InChI is InChI=1S/C13H21N3O3/c1-3-9-5-7-13(14,8-6-9)12-15-10(16-19-12)11(17)18-4-2/h9H,3-8,14H2,1-2H3. The van der Waals surface area contributed by atoms with Crippen molar-refractivity contribution in [1.29, 1.82) is 0 Å². The van der Waals surface area contributed by atoms with E-state index < -0.39 is 11.5 Å². The summed E-state index contributed by atoms with van der Waals surface area (Å²) in [6, 6.07) is 0. The van der Waals surface area contributed by atoms with Crippen molar-refractivity contribution in [2.45, 2.75) is 51.5 Å². The monoisotopic (exact) mass is 267 g/mol. The molecule has 0 unspecified atom stereocenters. The summed E-state index contributed by atoms with van der Waals surface area (Å²) in [5.74, 6) is 0.469. The third-order valence-electron chi connectivity index (χ3n) is 3.88. The van der Waals surface area contributed by atoms with Gasteiger partial charge in [-0.1, -0.05) is 13.3 Å². The summed E-state index contributed by atoms with van der Waals surface area (Å²) >= 11 is 0. The number of carbonyl (C=O) groups excluding carboxylic acids is 1. The van der Waals surface area contributed by atoms with Gasteiger partial charge in [-0.25, -0.2) is 4.79 Å². The van der Waals surface area contributed by atoms with Crippen molar-refractivity contribution in [1.82, 2.24) is 10.1 Å². The lowest BCUT2D eigenvalue weighted by molar-refractivity contribution is 0.0508. The van der Waals surface area contributed by atoms with Crippen molar-refractivity contribution >= 4 is 5.97 Å². The molecule has 0 atom stereocenters. The van der Waals surface area contributed by atoms with Crippen LogP contribution in [0.3, 0.4) is 0 Å². The van der Waals surface area contributed by atoms with Crippen LogP contribution in [0.5, 0.6) is 0 Å². The Hall–Kier alpha value is -1.43. The van der Waals surface area contributed by atoms with Crippen molar-refractivity contribution in [3.8, 4) is 0 Å². The van der Waals surface area contributed by atoms with Crippen LogP contribution in [-0.2, 0) is 10.3 Å². The van der Waals surface area contributed by atoms with E-state index in [1.54, 1.807) is 6.92 Å². The van der Waals surface area contributed by atoms with Crippen molar-refractivity contribution in [3.63, 3.8) is 0 Å². The third kappa shape index (κ3) is 2.94. The maximum absolute atomic E-state index is 11.5. The van der Waals surface area contributed by atoms with Gasteiger partial charge < -0.3 is 15.0 Å². The number of rotatable bonds is 4.